The summed E-state index contributed by atoms with van der Waals surface area (Å²) in [6.45, 7) is 0. The molecule has 0 aliphatic heterocycles. The second-order valence-corrected chi connectivity index (χ2v) is 5.45. The number of benzene rings is 2. The molecule has 2 rings (SSSR count). The first kappa shape index (κ1) is 17.4. The van der Waals surface area contributed by atoms with Gasteiger partial charge in [0.05, 0.1) is 5.69 Å². The van der Waals surface area contributed by atoms with Crippen LogP contribution in [-0.4, -0.2) is 17.2 Å². The van der Waals surface area contributed by atoms with E-state index in [-0.39, 0.29) is 11.6 Å². The molecular weight excluding hydrogens is 325 g/mol. The smallest absolute Gasteiger partial charge is 0.185 e. The van der Waals surface area contributed by atoms with Crippen molar-refractivity contribution in [3.05, 3.63) is 71.6 Å². The lowest BCUT2D eigenvalue weighted by atomic mass is 10.1. The average molecular weight is 339 g/mol. The molecule has 0 aliphatic carbocycles. The number of hydrogen-bond acceptors (Lipinski definition) is 4. The second kappa shape index (κ2) is 8.65. The highest BCUT2D eigenvalue weighted by Crippen LogP contribution is 2.16. The summed E-state index contributed by atoms with van der Waals surface area (Å²) in [5.41, 5.74) is 1.91. The highest BCUT2D eigenvalue weighted by Gasteiger charge is 2.02. The molecule has 6 heteroatoms. The quantitative estimate of drug-likeness (QED) is 0.227. The topological polar surface area (TPSA) is 65.2 Å². The third-order valence-electron chi connectivity index (χ3n) is 3.04. The van der Waals surface area contributed by atoms with Crippen LogP contribution in [0.15, 0.2) is 59.6 Å². The largest absolute Gasteiger partial charge is 0.289 e. The van der Waals surface area contributed by atoms with E-state index in [0.717, 1.165) is 5.56 Å². The van der Waals surface area contributed by atoms with Crippen LogP contribution in [0.2, 0.25) is 0 Å². The molecule has 0 fully saturated rings. The molecule has 120 valence electrons. The van der Waals surface area contributed by atoms with Gasteiger partial charge in [0, 0.05) is 5.56 Å². The number of hydrogen-bond donors (Lipinski definition) is 1. The van der Waals surface area contributed by atoms with Gasteiger partial charge in [-0.1, -0.05) is 30.0 Å². The van der Waals surface area contributed by atoms with E-state index in [0.29, 0.717) is 16.4 Å². The van der Waals surface area contributed by atoms with Crippen molar-refractivity contribution in [1.29, 1.82) is 5.26 Å². The van der Waals surface area contributed by atoms with E-state index in [1.807, 2.05) is 6.19 Å². The lowest BCUT2D eigenvalue weighted by molar-refractivity contribution is 0.104. The van der Waals surface area contributed by atoms with Crippen LogP contribution in [0.5, 0.6) is 0 Å². The van der Waals surface area contributed by atoms with Gasteiger partial charge in [-0.05, 0) is 54.3 Å². The molecule has 2 aromatic carbocycles. The summed E-state index contributed by atoms with van der Waals surface area (Å²) in [5, 5.41) is 11.6. The minimum Gasteiger partial charge on any atom is -0.289 e. The molecule has 0 unspecified atom stereocenters. The number of allylic oxidation sites excluding steroid dienone is 1. The lowest BCUT2D eigenvalue weighted by Gasteiger charge is -2.01. The van der Waals surface area contributed by atoms with Gasteiger partial charge in [-0.15, -0.1) is 0 Å². The summed E-state index contributed by atoms with van der Waals surface area (Å²) in [5.74, 6) is -0.472. The molecule has 0 aromatic heterocycles. The van der Waals surface area contributed by atoms with Crippen molar-refractivity contribution < 1.29 is 9.18 Å². The zero-order chi connectivity index (χ0) is 17.4. The van der Waals surface area contributed by atoms with E-state index in [2.05, 4.69) is 10.3 Å². The first-order valence-corrected chi connectivity index (χ1v) is 8.20. The van der Waals surface area contributed by atoms with Gasteiger partial charge >= 0.3 is 0 Å². The number of aliphatic imine (C=N–C) groups is 1. The number of nitrogens with one attached hydrogen (secondary N) is 1. The Morgan fingerprint density at radius 2 is 1.88 bits per heavy atom. The van der Waals surface area contributed by atoms with Crippen LogP contribution in [0.3, 0.4) is 0 Å². The van der Waals surface area contributed by atoms with E-state index in [4.69, 9.17) is 5.26 Å². The Labute approximate surface area is 143 Å². The Morgan fingerprint density at radius 1 is 1.21 bits per heavy atom. The molecule has 0 amide bonds. The summed E-state index contributed by atoms with van der Waals surface area (Å²) in [6.07, 6.45) is 6.70. The maximum Gasteiger partial charge on any atom is 0.185 e. The lowest BCUT2D eigenvalue weighted by Crippen LogP contribution is -2.12. The number of carbonyl (C=O) groups excluding carboxylic acids is 1. The van der Waals surface area contributed by atoms with Crippen molar-refractivity contribution in [2.24, 2.45) is 4.99 Å². The molecule has 24 heavy (non-hydrogen) atoms. The summed E-state index contributed by atoms with van der Waals surface area (Å²) in [4.78, 5) is 16.4. The van der Waals surface area contributed by atoms with Crippen molar-refractivity contribution in [3.63, 3.8) is 0 Å². The molecule has 0 saturated carbocycles. The molecule has 4 nitrogen and oxygen atoms in total. The van der Waals surface area contributed by atoms with Crippen molar-refractivity contribution in [2.75, 3.05) is 6.26 Å². The van der Waals surface area contributed by atoms with Crippen LogP contribution in [0.1, 0.15) is 15.9 Å². The Balaban J connectivity index is 2.08. The number of halogens is 1. The molecule has 1 N–H and O–H groups in total. The zero-order valence-electron chi connectivity index (χ0n) is 12.9. The monoisotopic (exact) mass is 339 g/mol. The SMILES string of the molecule is CSC(=Nc1ccc(C(=O)C=Cc2ccc(F)cc2)cc1)NC#N. The number of carbonyl (C=O) groups is 1. The van der Waals surface area contributed by atoms with Crippen LogP contribution in [0.4, 0.5) is 10.1 Å². The average Bonchev–Trinajstić information content (AvgIpc) is 2.61. The van der Waals surface area contributed by atoms with E-state index in [9.17, 15) is 9.18 Å². The second-order valence-electron chi connectivity index (χ2n) is 4.65. The van der Waals surface area contributed by atoms with Gasteiger partial charge in [-0.2, -0.15) is 5.26 Å². The fourth-order valence-corrected chi connectivity index (χ4v) is 2.18. The Morgan fingerprint density at radius 3 is 2.46 bits per heavy atom. The van der Waals surface area contributed by atoms with Gasteiger partial charge in [0.25, 0.3) is 0 Å². The fourth-order valence-electron chi connectivity index (χ4n) is 1.83. The number of rotatable bonds is 4. The molecular formula is C18H14FN3OS. The van der Waals surface area contributed by atoms with Crippen LogP contribution in [0, 0.1) is 17.3 Å². The number of nitriles is 1. The van der Waals surface area contributed by atoms with Gasteiger partial charge in [-0.3, -0.25) is 10.1 Å². The number of amidine groups is 1. The molecule has 0 spiro atoms. The molecule has 0 radical (unpaired) electrons. The Bertz CT molecular complexity index is 806. The van der Waals surface area contributed by atoms with Gasteiger partial charge in [-0.25, -0.2) is 9.38 Å². The summed E-state index contributed by atoms with van der Waals surface area (Å²) in [6, 6.07) is 12.6. The predicted octanol–water partition coefficient (Wildman–Crippen LogP) is 4.14. The Kier molecular flexibility index (Phi) is 6.29. The first-order chi connectivity index (χ1) is 11.6. The third-order valence-corrected chi connectivity index (χ3v) is 3.62. The fraction of sp³-hybridized carbons (Fsp3) is 0.0556. The van der Waals surface area contributed by atoms with Crippen LogP contribution in [0.25, 0.3) is 6.08 Å². The van der Waals surface area contributed by atoms with E-state index in [1.54, 1.807) is 48.7 Å². The van der Waals surface area contributed by atoms with Gasteiger partial charge in [0.1, 0.15) is 5.82 Å². The third kappa shape index (κ3) is 5.07. The highest BCUT2D eigenvalue weighted by molar-refractivity contribution is 8.13. The highest BCUT2D eigenvalue weighted by atomic mass is 32.2. The van der Waals surface area contributed by atoms with Gasteiger partial charge < -0.3 is 0 Å². The zero-order valence-corrected chi connectivity index (χ0v) is 13.7. The minimum atomic E-state index is -0.315. The predicted molar refractivity (Wildman–Crippen MR) is 95.6 cm³/mol. The van der Waals surface area contributed by atoms with Crippen molar-refractivity contribution >= 4 is 34.5 Å². The van der Waals surface area contributed by atoms with E-state index >= 15 is 0 Å². The van der Waals surface area contributed by atoms with Crippen molar-refractivity contribution in [3.8, 4) is 6.19 Å². The van der Waals surface area contributed by atoms with E-state index < -0.39 is 0 Å². The molecule has 2 aromatic rings. The maximum atomic E-state index is 12.8. The standard InChI is InChI=1S/C18H14FN3OS/c1-24-18(21-12-20)22-16-9-5-14(6-10-16)17(23)11-4-13-2-7-15(19)8-3-13/h2-11H,1H3,(H,21,22). The Hall–Kier alpha value is -2.91. The van der Waals surface area contributed by atoms with Gasteiger partial charge in [0.15, 0.2) is 17.1 Å². The molecule has 0 aliphatic rings. The minimum absolute atomic E-state index is 0.157. The summed E-state index contributed by atoms with van der Waals surface area (Å²) < 4.78 is 12.8. The van der Waals surface area contributed by atoms with Crippen LogP contribution in [-0.2, 0) is 0 Å². The molecule has 0 heterocycles. The number of ketones is 1. The maximum absolute atomic E-state index is 12.8. The van der Waals surface area contributed by atoms with Gasteiger partial charge in [0.2, 0.25) is 0 Å². The summed E-state index contributed by atoms with van der Waals surface area (Å²) in [7, 11) is 0. The van der Waals surface area contributed by atoms with E-state index in [1.165, 1.54) is 30.0 Å². The first-order valence-electron chi connectivity index (χ1n) is 6.98. The van der Waals surface area contributed by atoms with Crippen molar-refractivity contribution in [1.82, 2.24) is 5.32 Å². The normalized spacial score (nSPS) is 11.3. The van der Waals surface area contributed by atoms with Crippen LogP contribution < -0.4 is 5.32 Å². The number of thioether (sulfide) groups is 1. The molecule has 0 saturated heterocycles. The summed E-state index contributed by atoms with van der Waals surface area (Å²) >= 11 is 1.32. The molecule has 0 bridgehead atoms. The number of nitrogens with zero attached hydrogens (tertiary/aromatic N) is 2. The van der Waals surface area contributed by atoms with Crippen molar-refractivity contribution in [2.45, 2.75) is 0 Å². The van der Waals surface area contributed by atoms with Crippen LogP contribution >= 0.6 is 11.8 Å². The molecule has 0 atom stereocenters.